The Hall–Kier alpha value is -1.80. The minimum Gasteiger partial charge on any atom is -0.492 e. The highest BCUT2D eigenvalue weighted by Crippen LogP contribution is 2.27. The highest BCUT2D eigenvalue weighted by atomic mass is 35.5. The quantitative estimate of drug-likeness (QED) is 0.558. The number of hydrogen-bond donors (Lipinski definition) is 2. The molecule has 0 fully saturated rings. The van der Waals surface area contributed by atoms with Gasteiger partial charge < -0.3 is 10.1 Å². The summed E-state index contributed by atoms with van der Waals surface area (Å²) in [5, 5.41) is 3.66. The van der Waals surface area contributed by atoms with Crippen LogP contribution in [0.2, 0.25) is 10.0 Å². The number of amides is 1. The number of ether oxygens (including phenoxy) is 1. The number of hydrogen-bond acceptors (Lipinski definition) is 4. The predicted octanol–water partition coefficient (Wildman–Crippen LogP) is 4.48. The molecule has 0 radical (unpaired) electrons. The van der Waals surface area contributed by atoms with Crippen molar-refractivity contribution in [3.05, 3.63) is 52.5 Å². The maximum absolute atomic E-state index is 12.1. The Morgan fingerprint density at radius 2 is 1.79 bits per heavy atom. The smallest absolute Gasteiger partial charge is 0.240 e. The zero-order chi connectivity index (χ0) is 20.7. The summed E-state index contributed by atoms with van der Waals surface area (Å²) in [5.74, 6) is 0.319. The standard InChI is InChI=1S/C19H22Cl2N2O4S/c1-13(2)23-28(25,26)16-8-6-15(7-9-16)22-19(24)4-3-11-27-18-10-5-14(20)12-17(18)21/h5-10,12-13,23H,3-4,11H2,1-2H3,(H,22,24). The Bertz CT molecular complexity index is 916. The third-order valence-corrected chi connectivity index (χ3v) is 5.74. The molecular formula is C19H22Cl2N2O4S. The minimum absolute atomic E-state index is 0.146. The van der Waals surface area contributed by atoms with E-state index in [9.17, 15) is 13.2 Å². The lowest BCUT2D eigenvalue weighted by molar-refractivity contribution is -0.116. The van der Waals surface area contributed by atoms with Gasteiger partial charge in [0, 0.05) is 23.2 Å². The summed E-state index contributed by atoms with van der Waals surface area (Å²) in [6.45, 7) is 3.82. The summed E-state index contributed by atoms with van der Waals surface area (Å²) >= 11 is 11.8. The summed E-state index contributed by atoms with van der Waals surface area (Å²) in [6.07, 6.45) is 0.746. The fraction of sp³-hybridized carbons (Fsp3) is 0.316. The van der Waals surface area contributed by atoms with Crippen molar-refractivity contribution in [1.29, 1.82) is 0 Å². The van der Waals surface area contributed by atoms with Crippen molar-refractivity contribution in [2.24, 2.45) is 0 Å². The number of carbonyl (C=O) groups excluding carboxylic acids is 1. The van der Waals surface area contributed by atoms with Crippen LogP contribution < -0.4 is 14.8 Å². The summed E-state index contributed by atoms with van der Waals surface area (Å²) in [7, 11) is -3.55. The minimum atomic E-state index is -3.55. The Kier molecular flexibility index (Phi) is 8.12. The van der Waals surface area contributed by atoms with Gasteiger partial charge in [-0.1, -0.05) is 23.2 Å². The molecule has 0 aromatic heterocycles. The normalized spacial score (nSPS) is 11.5. The van der Waals surface area contributed by atoms with Crippen molar-refractivity contribution in [3.63, 3.8) is 0 Å². The predicted molar refractivity (Wildman–Crippen MR) is 112 cm³/mol. The molecular weight excluding hydrogens is 423 g/mol. The second kappa shape index (κ2) is 10.1. The first-order valence-electron chi connectivity index (χ1n) is 8.67. The van der Waals surface area contributed by atoms with E-state index < -0.39 is 10.0 Å². The van der Waals surface area contributed by atoms with Gasteiger partial charge in [-0.05, 0) is 62.7 Å². The maximum atomic E-state index is 12.1. The zero-order valence-electron chi connectivity index (χ0n) is 15.5. The van der Waals surface area contributed by atoms with Gasteiger partial charge in [-0.3, -0.25) is 4.79 Å². The van der Waals surface area contributed by atoms with Crippen LogP contribution in [0.4, 0.5) is 5.69 Å². The first-order chi connectivity index (χ1) is 13.2. The highest BCUT2D eigenvalue weighted by Gasteiger charge is 2.15. The SMILES string of the molecule is CC(C)NS(=O)(=O)c1ccc(NC(=O)CCCOc2ccc(Cl)cc2Cl)cc1. The van der Waals surface area contributed by atoms with Gasteiger partial charge in [0.1, 0.15) is 5.75 Å². The second-order valence-electron chi connectivity index (χ2n) is 6.38. The molecule has 2 rings (SSSR count). The number of nitrogens with one attached hydrogen (secondary N) is 2. The van der Waals surface area contributed by atoms with E-state index in [0.29, 0.717) is 34.5 Å². The monoisotopic (exact) mass is 444 g/mol. The van der Waals surface area contributed by atoms with Crippen molar-refractivity contribution >= 4 is 44.8 Å². The molecule has 0 saturated heterocycles. The van der Waals surface area contributed by atoms with E-state index in [1.807, 2.05) is 0 Å². The summed E-state index contributed by atoms with van der Waals surface area (Å²) in [5.41, 5.74) is 0.523. The lowest BCUT2D eigenvalue weighted by Gasteiger charge is -2.11. The van der Waals surface area contributed by atoms with Crippen LogP contribution in [-0.4, -0.2) is 27.0 Å². The number of rotatable bonds is 9. The van der Waals surface area contributed by atoms with E-state index >= 15 is 0 Å². The molecule has 0 unspecified atom stereocenters. The molecule has 0 aliphatic heterocycles. The fourth-order valence-corrected chi connectivity index (χ4v) is 4.04. The third kappa shape index (κ3) is 6.98. The van der Waals surface area contributed by atoms with Gasteiger partial charge in [0.25, 0.3) is 0 Å². The Labute approximate surface area is 175 Å². The zero-order valence-corrected chi connectivity index (χ0v) is 17.9. The van der Waals surface area contributed by atoms with Gasteiger partial charge in [-0.15, -0.1) is 0 Å². The molecule has 2 aromatic carbocycles. The molecule has 0 saturated carbocycles. The van der Waals surface area contributed by atoms with Crippen LogP contribution in [0, 0.1) is 0 Å². The van der Waals surface area contributed by atoms with Gasteiger partial charge in [-0.25, -0.2) is 13.1 Å². The van der Waals surface area contributed by atoms with Crippen molar-refractivity contribution < 1.29 is 17.9 Å². The van der Waals surface area contributed by atoms with Crippen molar-refractivity contribution in [3.8, 4) is 5.75 Å². The highest BCUT2D eigenvalue weighted by molar-refractivity contribution is 7.89. The van der Waals surface area contributed by atoms with E-state index in [0.717, 1.165) is 0 Å². The Balaban J connectivity index is 1.80. The second-order valence-corrected chi connectivity index (χ2v) is 8.93. The molecule has 2 aromatic rings. The largest absolute Gasteiger partial charge is 0.492 e. The van der Waals surface area contributed by atoms with E-state index in [1.54, 1.807) is 44.2 Å². The van der Waals surface area contributed by atoms with Crippen LogP contribution in [0.15, 0.2) is 47.4 Å². The van der Waals surface area contributed by atoms with Gasteiger partial charge >= 0.3 is 0 Å². The van der Waals surface area contributed by atoms with E-state index in [4.69, 9.17) is 27.9 Å². The van der Waals surface area contributed by atoms with Crippen LogP contribution in [0.1, 0.15) is 26.7 Å². The van der Waals surface area contributed by atoms with Crippen LogP contribution in [0.5, 0.6) is 5.75 Å². The first kappa shape index (κ1) is 22.5. The average molecular weight is 445 g/mol. The first-order valence-corrected chi connectivity index (χ1v) is 10.9. The van der Waals surface area contributed by atoms with E-state index in [-0.39, 0.29) is 23.3 Å². The molecule has 0 aliphatic rings. The van der Waals surface area contributed by atoms with Gasteiger partial charge in [-0.2, -0.15) is 0 Å². The topological polar surface area (TPSA) is 84.5 Å². The Morgan fingerprint density at radius 1 is 1.11 bits per heavy atom. The molecule has 1 amide bonds. The number of halogens is 2. The molecule has 152 valence electrons. The van der Waals surface area contributed by atoms with Crippen LogP contribution in [-0.2, 0) is 14.8 Å². The molecule has 6 nitrogen and oxygen atoms in total. The number of benzene rings is 2. The molecule has 9 heteroatoms. The third-order valence-electron chi connectivity index (χ3n) is 3.54. The fourth-order valence-electron chi connectivity index (χ4n) is 2.33. The van der Waals surface area contributed by atoms with Crippen LogP contribution in [0.3, 0.4) is 0 Å². The van der Waals surface area contributed by atoms with Crippen molar-refractivity contribution in [2.75, 3.05) is 11.9 Å². The van der Waals surface area contributed by atoms with Crippen molar-refractivity contribution in [2.45, 2.75) is 37.6 Å². The summed E-state index contributed by atoms with van der Waals surface area (Å²) in [4.78, 5) is 12.2. The van der Waals surface area contributed by atoms with Gasteiger partial charge in [0.15, 0.2) is 0 Å². The van der Waals surface area contributed by atoms with Crippen LogP contribution in [0.25, 0.3) is 0 Å². The molecule has 28 heavy (non-hydrogen) atoms. The number of sulfonamides is 1. The molecule has 0 bridgehead atoms. The van der Waals surface area contributed by atoms with E-state index in [2.05, 4.69) is 10.0 Å². The molecule has 2 N–H and O–H groups in total. The van der Waals surface area contributed by atoms with Gasteiger partial charge in [0.05, 0.1) is 16.5 Å². The lowest BCUT2D eigenvalue weighted by Crippen LogP contribution is -2.30. The maximum Gasteiger partial charge on any atom is 0.240 e. The molecule has 0 aliphatic carbocycles. The molecule has 0 atom stereocenters. The summed E-state index contributed by atoms with van der Waals surface area (Å²) < 4.78 is 32.2. The van der Waals surface area contributed by atoms with Crippen LogP contribution >= 0.6 is 23.2 Å². The number of anilines is 1. The average Bonchev–Trinajstić information content (AvgIpc) is 2.59. The Morgan fingerprint density at radius 3 is 2.39 bits per heavy atom. The van der Waals surface area contributed by atoms with E-state index in [1.165, 1.54) is 12.1 Å². The lowest BCUT2D eigenvalue weighted by atomic mass is 10.2. The summed E-state index contributed by atoms with van der Waals surface area (Å²) in [6, 6.07) is 10.7. The van der Waals surface area contributed by atoms with Crippen molar-refractivity contribution in [1.82, 2.24) is 4.72 Å². The van der Waals surface area contributed by atoms with Gasteiger partial charge in [0.2, 0.25) is 15.9 Å². The molecule has 0 spiro atoms. The molecule has 0 heterocycles. The number of carbonyl (C=O) groups is 1.